The molecule has 0 aliphatic rings. The zero-order valence-electron chi connectivity index (χ0n) is 10.6. The summed E-state index contributed by atoms with van der Waals surface area (Å²) in [5, 5.41) is 13.0. The van der Waals surface area contributed by atoms with Crippen molar-refractivity contribution in [3.63, 3.8) is 0 Å². The van der Waals surface area contributed by atoms with E-state index in [1.165, 1.54) is 11.3 Å². The molecule has 19 heavy (non-hydrogen) atoms. The molecule has 0 spiro atoms. The van der Waals surface area contributed by atoms with Crippen LogP contribution in [0.4, 0.5) is 4.39 Å². The van der Waals surface area contributed by atoms with Gasteiger partial charge in [-0.1, -0.05) is 24.3 Å². The highest BCUT2D eigenvalue weighted by Crippen LogP contribution is 2.29. The largest absolute Gasteiger partial charge is 0.316 e. The van der Waals surface area contributed by atoms with Crippen molar-refractivity contribution < 1.29 is 4.39 Å². The van der Waals surface area contributed by atoms with Crippen LogP contribution in [-0.2, 0) is 6.42 Å². The van der Waals surface area contributed by atoms with Crippen LogP contribution in [0.1, 0.15) is 18.4 Å². The first-order valence-corrected chi connectivity index (χ1v) is 7.80. The van der Waals surface area contributed by atoms with E-state index in [0.29, 0.717) is 15.0 Å². The zero-order valence-corrected chi connectivity index (χ0v) is 13.0. The van der Waals surface area contributed by atoms with Gasteiger partial charge in [-0.05, 0) is 41.0 Å². The Bertz CT molecular complexity index is 544. The third kappa shape index (κ3) is 3.81. The molecule has 0 aliphatic heterocycles. The second-order valence-electron chi connectivity index (χ2n) is 4.10. The number of halogens is 2. The molecule has 1 aromatic heterocycles. The summed E-state index contributed by atoms with van der Waals surface area (Å²) in [5.41, 5.74) is 0.500. The van der Waals surface area contributed by atoms with Crippen molar-refractivity contribution in [2.45, 2.75) is 19.8 Å². The topological polar surface area (TPSA) is 37.8 Å². The maximum absolute atomic E-state index is 13.9. The molecule has 1 aromatic carbocycles. The number of hydrogen-bond donors (Lipinski definition) is 1. The highest BCUT2D eigenvalue weighted by atomic mass is 79.9. The number of nitrogens with zero attached hydrogens (tertiary/aromatic N) is 2. The summed E-state index contributed by atoms with van der Waals surface area (Å²) in [7, 11) is 0. The van der Waals surface area contributed by atoms with Crippen LogP contribution in [0.5, 0.6) is 0 Å². The molecule has 0 bridgehead atoms. The zero-order chi connectivity index (χ0) is 13.7. The molecule has 1 heterocycles. The van der Waals surface area contributed by atoms with Crippen molar-refractivity contribution in [1.82, 2.24) is 15.5 Å². The number of nitrogens with one attached hydrogen (secondary N) is 1. The molecule has 2 rings (SSSR count). The van der Waals surface area contributed by atoms with E-state index in [2.05, 4.69) is 38.4 Å². The fourth-order valence-electron chi connectivity index (χ4n) is 1.63. The van der Waals surface area contributed by atoms with Crippen molar-refractivity contribution >= 4 is 27.3 Å². The molecule has 6 heteroatoms. The van der Waals surface area contributed by atoms with E-state index >= 15 is 0 Å². The molecule has 102 valence electrons. The summed E-state index contributed by atoms with van der Waals surface area (Å²) in [6, 6.07) is 5.20. The van der Waals surface area contributed by atoms with Gasteiger partial charge in [0.15, 0.2) is 5.01 Å². The third-order valence-corrected chi connectivity index (χ3v) is 4.22. The SMILES string of the molecule is CCCNCCc1nnc(-c2cccc(Br)c2F)s1. The van der Waals surface area contributed by atoms with Gasteiger partial charge < -0.3 is 5.32 Å². The van der Waals surface area contributed by atoms with Crippen molar-refractivity contribution in [1.29, 1.82) is 0 Å². The molecule has 3 nitrogen and oxygen atoms in total. The first-order chi connectivity index (χ1) is 9.22. The lowest BCUT2D eigenvalue weighted by atomic mass is 10.2. The lowest BCUT2D eigenvalue weighted by molar-refractivity contribution is 0.624. The fraction of sp³-hybridized carbons (Fsp3) is 0.385. The molecule has 0 atom stereocenters. The van der Waals surface area contributed by atoms with Gasteiger partial charge in [-0.2, -0.15) is 0 Å². The second kappa shape index (κ2) is 7.07. The highest BCUT2D eigenvalue weighted by molar-refractivity contribution is 9.10. The minimum Gasteiger partial charge on any atom is -0.316 e. The van der Waals surface area contributed by atoms with Gasteiger partial charge >= 0.3 is 0 Å². The van der Waals surface area contributed by atoms with Gasteiger partial charge in [0.05, 0.1) is 4.47 Å². The van der Waals surface area contributed by atoms with Crippen molar-refractivity contribution in [3.8, 4) is 10.6 Å². The lowest BCUT2D eigenvalue weighted by Crippen LogP contribution is -2.17. The minimum atomic E-state index is -0.283. The molecule has 0 fully saturated rings. The molecule has 0 saturated heterocycles. The number of benzene rings is 1. The maximum Gasteiger partial charge on any atom is 0.150 e. The Kier molecular flexibility index (Phi) is 5.42. The molecular formula is C13H15BrFN3S. The molecule has 0 radical (unpaired) electrons. The first-order valence-electron chi connectivity index (χ1n) is 6.20. The van der Waals surface area contributed by atoms with Gasteiger partial charge in [-0.25, -0.2) is 4.39 Å². The van der Waals surface area contributed by atoms with Crippen molar-refractivity contribution in [2.75, 3.05) is 13.1 Å². The van der Waals surface area contributed by atoms with E-state index in [1.54, 1.807) is 18.2 Å². The van der Waals surface area contributed by atoms with Crippen molar-refractivity contribution in [3.05, 3.63) is 33.5 Å². The van der Waals surface area contributed by atoms with Crippen LogP contribution in [0.15, 0.2) is 22.7 Å². The van der Waals surface area contributed by atoms with Gasteiger partial charge in [0.25, 0.3) is 0 Å². The Hall–Kier alpha value is -0.850. The lowest BCUT2D eigenvalue weighted by Gasteiger charge is -2.00. The summed E-state index contributed by atoms with van der Waals surface area (Å²) in [6.45, 7) is 4.02. The Balaban J connectivity index is 2.06. The van der Waals surface area contributed by atoms with Gasteiger partial charge in [0.1, 0.15) is 10.8 Å². The van der Waals surface area contributed by atoms with Crippen LogP contribution in [0.3, 0.4) is 0 Å². The summed E-state index contributed by atoms with van der Waals surface area (Å²) in [6.07, 6.45) is 1.94. The Morgan fingerprint density at radius 1 is 1.32 bits per heavy atom. The average molecular weight is 344 g/mol. The second-order valence-corrected chi connectivity index (χ2v) is 6.02. The quantitative estimate of drug-likeness (QED) is 0.813. The van der Waals surface area contributed by atoms with E-state index in [0.717, 1.165) is 30.9 Å². The van der Waals surface area contributed by atoms with Gasteiger partial charge in [-0.15, -0.1) is 10.2 Å². The summed E-state index contributed by atoms with van der Waals surface area (Å²) >= 11 is 4.62. The monoisotopic (exact) mass is 343 g/mol. The molecule has 0 saturated carbocycles. The number of hydrogen-bond acceptors (Lipinski definition) is 4. The van der Waals surface area contributed by atoms with Crippen LogP contribution < -0.4 is 5.32 Å². The van der Waals surface area contributed by atoms with E-state index in [4.69, 9.17) is 0 Å². The predicted octanol–water partition coefficient (Wildman–Crippen LogP) is 3.65. The van der Waals surface area contributed by atoms with Crippen LogP contribution >= 0.6 is 27.3 Å². The summed E-state index contributed by atoms with van der Waals surface area (Å²) in [5.74, 6) is -0.283. The molecule has 1 N–H and O–H groups in total. The Labute approximate surface area is 124 Å². The van der Waals surface area contributed by atoms with E-state index in [-0.39, 0.29) is 5.82 Å². The highest BCUT2D eigenvalue weighted by Gasteiger charge is 2.12. The van der Waals surface area contributed by atoms with Gasteiger partial charge in [-0.3, -0.25) is 0 Å². The first kappa shape index (κ1) is 14.6. The predicted molar refractivity (Wildman–Crippen MR) is 79.9 cm³/mol. The molecule has 0 aliphatic carbocycles. The fourth-order valence-corrected chi connectivity index (χ4v) is 2.85. The van der Waals surface area contributed by atoms with E-state index in [9.17, 15) is 4.39 Å². The summed E-state index contributed by atoms with van der Waals surface area (Å²) < 4.78 is 14.4. The molecule has 0 unspecified atom stereocenters. The van der Waals surface area contributed by atoms with Crippen molar-refractivity contribution in [2.24, 2.45) is 0 Å². The summed E-state index contributed by atoms with van der Waals surface area (Å²) in [4.78, 5) is 0. The maximum atomic E-state index is 13.9. The van der Waals surface area contributed by atoms with Crippen LogP contribution in [0.25, 0.3) is 10.6 Å². The van der Waals surface area contributed by atoms with Crippen LogP contribution in [-0.4, -0.2) is 23.3 Å². The Morgan fingerprint density at radius 2 is 2.16 bits per heavy atom. The third-order valence-electron chi connectivity index (χ3n) is 2.59. The van der Waals surface area contributed by atoms with Crippen LogP contribution in [0, 0.1) is 5.82 Å². The van der Waals surface area contributed by atoms with Gasteiger partial charge in [0, 0.05) is 18.5 Å². The number of aromatic nitrogens is 2. The Morgan fingerprint density at radius 3 is 2.95 bits per heavy atom. The van der Waals surface area contributed by atoms with E-state index < -0.39 is 0 Å². The normalized spacial score (nSPS) is 10.9. The smallest absolute Gasteiger partial charge is 0.150 e. The minimum absolute atomic E-state index is 0.283. The van der Waals surface area contributed by atoms with E-state index in [1.807, 2.05) is 0 Å². The molecule has 0 amide bonds. The number of rotatable bonds is 6. The van der Waals surface area contributed by atoms with Gasteiger partial charge in [0.2, 0.25) is 0 Å². The average Bonchev–Trinajstić information content (AvgIpc) is 2.87. The standard InChI is InChI=1S/C13H15BrFN3S/c1-2-7-16-8-6-11-17-18-13(19-11)9-4-3-5-10(14)12(9)15/h3-5,16H,2,6-8H2,1H3. The molecule has 2 aromatic rings. The van der Waals surface area contributed by atoms with Crippen LogP contribution in [0.2, 0.25) is 0 Å². The molecular weight excluding hydrogens is 329 g/mol.